The summed E-state index contributed by atoms with van der Waals surface area (Å²) >= 11 is 0. The lowest BCUT2D eigenvalue weighted by Gasteiger charge is -2.30. The fourth-order valence-corrected chi connectivity index (χ4v) is 2.93. The van der Waals surface area contributed by atoms with Crippen LogP contribution >= 0.6 is 0 Å². The summed E-state index contributed by atoms with van der Waals surface area (Å²) < 4.78 is 51.7. The predicted octanol–water partition coefficient (Wildman–Crippen LogP) is 3.83. The largest absolute Gasteiger partial charge is 0.490 e. The molecule has 1 heterocycles. The molecule has 29 heavy (non-hydrogen) atoms. The minimum atomic E-state index is -4.56. The number of hydrogen-bond donors (Lipinski definition) is 1. The van der Waals surface area contributed by atoms with Crippen LogP contribution in [-0.4, -0.2) is 56.0 Å². The molecule has 0 unspecified atom stereocenters. The maximum absolute atomic E-state index is 12.5. The Bertz CT molecular complexity index is 704. The number of anilines is 1. The zero-order chi connectivity index (χ0) is 21.4. The van der Waals surface area contributed by atoms with Gasteiger partial charge in [0, 0.05) is 30.8 Å². The van der Waals surface area contributed by atoms with E-state index in [2.05, 4.69) is 10.1 Å². The topological polar surface area (TPSA) is 77.1 Å². The van der Waals surface area contributed by atoms with Crippen LogP contribution in [0.3, 0.4) is 0 Å². The van der Waals surface area contributed by atoms with Gasteiger partial charge in [-0.25, -0.2) is 4.79 Å². The molecule has 1 aliphatic rings. The lowest BCUT2D eigenvalue weighted by Crippen LogP contribution is -2.42. The second kappa shape index (κ2) is 10.2. The van der Waals surface area contributed by atoms with Gasteiger partial charge in [0.05, 0.1) is 13.2 Å². The van der Waals surface area contributed by atoms with Gasteiger partial charge in [-0.2, -0.15) is 13.2 Å². The van der Waals surface area contributed by atoms with Gasteiger partial charge < -0.3 is 24.4 Å². The molecule has 1 aromatic carbocycles. The maximum atomic E-state index is 12.5. The molecule has 2 amide bonds. The lowest BCUT2D eigenvalue weighted by atomic mass is 9.96. The number of likely N-dealkylation sites (tertiary alicyclic amines) is 1. The first-order valence-corrected chi connectivity index (χ1v) is 9.42. The number of rotatable bonds is 7. The maximum Gasteiger partial charge on any atom is 0.422 e. The van der Waals surface area contributed by atoms with Crippen molar-refractivity contribution in [3.8, 4) is 11.5 Å². The van der Waals surface area contributed by atoms with Gasteiger partial charge >= 0.3 is 12.3 Å². The van der Waals surface area contributed by atoms with E-state index in [0.29, 0.717) is 43.2 Å². The molecule has 0 aromatic heterocycles. The average molecular weight is 418 g/mol. The van der Waals surface area contributed by atoms with Crippen LogP contribution in [0.5, 0.6) is 11.5 Å². The van der Waals surface area contributed by atoms with Gasteiger partial charge in [0.1, 0.15) is 0 Å². The Balaban J connectivity index is 1.88. The van der Waals surface area contributed by atoms with E-state index in [4.69, 9.17) is 9.47 Å². The zero-order valence-corrected chi connectivity index (χ0v) is 16.4. The minimum absolute atomic E-state index is 0.155. The van der Waals surface area contributed by atoms with E-state index in [0.717, 1.165) is 0 Å². The summed E-state index contributed by atoms with van der Waals surface area (Å²) in [6.45, 7) is 3.32. The van der Waals surface area contributed by atoms with Gasteiger partial charge in [-0.1, -0.05) is 0 Å². The van der Waals surface area contributed by atoms with Crippen molar-refractivity contribution in [3.63, 3.8) is 0 Å². The highest BCUT2D eigenvalue weighted by Gasteiger charge is 2.33. The second-order valence-electron chi connectivity index (χ2n) is 6.45. The molecule has 0 aliphatic carbocycles. The normalized spacial score (nSPS) is 15.0. The number of nitrogens with one attached hydrogen (secondary N) is 1. The van der Waals surface area contributed by atoms with Crippen molar-refractivity contribution in [1.29, 1.82) is 0 Å². The van der Waals surface area contributed by atoms with Gasteiger partial charge in [-0.05, 0) is 38.8 Å². The highest BCUT2D eigenvalue weighted by atomic mass is 19.4. The van der Waals surface area contributed by atoms with E-state index in [1.54, 1.807) is 18.2 Å². The first-order valence-electron chi connectivity index (χ1n) is 9.42. The molecule has 0 radical (unpaired) electrons. The summed E-state index contributed by atoms with van der Waals surface area (Å²) in [4.78, 5) is 25.4. The van der Waals surface area contributed by atoms with E-state index in [1.165, 1.54) is 4.90 Å². The van der Waals surface area contributed by atoms with Gasteiger partial charge in [0.15, 0.2) is 18.1 Å². The molecule has 1 fully saturated rings. The molecule has 162 valence electrons. The van der Waals surface area contributed by atoms with Crippen LogP contribution in [0.4, 0.5) is 23.7 Å². The van der Waals surface area contributed by atoms with E-state index >= 15 is 0 Å². The number of piperidine rings is 1. The first-order chi connectivity index (χ1) is 13.7. The monoisotopic (exact) mass is 418 g/mol. The van der Waals surface area contributed by atoms with E-state index in [1.807, 2.05) is 13.8 Å². The molecule has 1 aliphatic heterocycles. The molecular weight excluding hydrogens is 393 g/mol. The van der Waals surface area contributed by atoms with E-state index in [9.17, 15) is 22.8 Å². The molecule has 0 atom stereocenters. The Morgan fingerprint density at radius 1 is 1.10 bits per heavy atom. The predicted molar refractivity (Wildman–Crippen MR) is 99.1 cm³/mol. The van der Waals surface area contributed by atoms with Crippen LogP contribution in [-0.2, 0) is 9.53 Å². The number of benzene rings is 1. The fourth-order valence-electron chi connectivity index (χ4n) is 2.93. The average Bonchev–Trinajstić information content (AvgIpc) is 2.68. The number of halogens is 3. The van der Waals surface area contributed by atoms with Crippen molar-refractivity contribution in [1.82, 2.24) is 4.90 Å². The molecule has 2 rings (SSSR count). The molecule has 7 nitrogen and oxygen atoms in total. The smallest absolute Gasteiger partial charge is 0.422 e. The van der Waals surface area contributed by atoms with Crippen LogP contribution in [0.1, 0.15) is 26.7 Å². The number of amides is 2. The van der Waals surface area contributed by atoms with E-state index < -0.39 is 18.9 Å². The van der Waals surface area contributed by atoms with Crippen LogP contribution in [0.2, 0.25) is 0 Å². The molecule has 1 N–H and O–H groups in total. The minimum Gasteiger partial charge on any atom is -0.490 e. The van der Waals surface area contributed by atoms with Crippen molar-refractivity contribution >= 4 is 17.7 Å². The first kappa shape index (κ1) is 22.6. The molecule has 0 bridgehead atoms. The molecule has 1 aromatic rings. The lowest BCUT2D eigenvalue weighted by molar-refractivity contribution is -0.162. The van der Waals surface area contributed by atoms with Gasteiger partial charge in [-0.3, -0.25) is 4.79 Å². The van der Waals surface area contributed by atoms with Crippen molar-refractivity contribution in [2.75, 3.05) is 38.2 Å². The summed E-state index contributed by atoms with van der Waals surface area (Å²) in [5, 5.41) is 2.81. The number of alkyl halides is 3. The van der Waals surface area contributed by atoms with E-state index in [-0.39, 0.29) is 24.9 Å². The third-order valence-electron chi connectivity index (χ3n) is 4.29. The van der Waals surface area contributed by atoms with Crippen LogP contribution in [0, 0.1) is 5.92 Å². The van der Waals surface area contributed by atoms with Crippen LogP contribution in [0.25, 0.3) is 0 Å². The third-order valence-corrected chi connectivity index (χ3v) is 4.29. The highest BCUT2D eigenvalue weighted by Crippen LogP contribution is 2.31. The van der Waals surface area contributed by atoms with Gasteiger partial charge in [-0.15, -0.1) is 0 Å². The van der Waals surface area contributed by atoms with Crippen LogP contribution < -0.4 is 14.8 Å². The summed E-state index contributed by atoms with van der Waals surface area (Å²) in [6, 6.07) is 5.09. The van der Waals surface area contributed by atoms with Crippen molar-refractivity contribution in [2.45, 2.75) is 32.9 Å². The second-order valence-corrected chi connectivity index (χ2v) is 6.45. The molecule has 0 spiro atoms. The Hall–Kier alpha value is -2.65. The van der Waals surface area contributed by atoms with Crippen LogP contribution in [0.15, 0.2) is 18.2 Å². The van der Waals surface area contributed by atoms with Crippen molar-refractivity contribution < 1.29 is 37.0 Å². The molecular formula is C19H25F3N2O5. The Labute approximate surface area is 167 Å². The molecule has 1 saturated heterocycles. The van der Waals surface area contributed by atoms with Gasteiger partial charge in [0.2, 0.25) is 5.91 Å². The fraction of sp³-hybridized carbons (Fsp3) is 0.579. The van der Waals surface area contributed by atoms with Crippen molar-refractivity contribution in [3.05, 3.63) is 18.2 Å². The number of carbonyl (C=O) groups is 2. The summed E-state index contributed by atoms with van der Waals surface area (Å²) in [5.74, 6) is 0.524. The number of carbonyl (C=O) groups excluding carboxylic acids is 2. The number of nitrogens with zero attached hydrogens (tertiary/aromatic N) is 1. The Morgan fingerprint density at radius 2 is 1.72 bits per heavy atom. The highest BCUT2D eigenvalue weighted by molar-refractivity contribution is 5.93. The number of hydrogen-bond acceptors (Lipinski definition) is 5. The zero-order valence-electron chi connectivity index (χ0n) is 16.4. The molecule has 10 heteroatoms. The summed E-state index contributed by atoms with van der Waals surface area (Å²) in [5.41, 5.74) is 0.550. The van der Waals surface area contributed by atoms with Gasteiger partial charge in [0.25, 0.3) is 0 Å². The Morgan fingerprint density at radius 3 is 2.31 bits per heavy atom. The standard InChI is InChI=1S/C19H25F3N2O5/c1-3-27-15-6-5-14(11-16(15)28-4-2)23-17(25)13-7-9-24(10-8-13)18(26)29-12-19(20,21)22/h5-6,11,13H,3-4,7-10,12H2,1-2H3,(H,23,25). The third kappa shape index (κ3) is 7.03. The summed E-state index contributed by atoms with van der Waals surface area (Å²) in [6.07, 6.45) is -4.91. The molecule has 0 saturated carbocycles. The quantitative estimate of drug-likeness (QED) is 0.728. The SMILES string of the molecule is CCOc1ccc(NC(=O)C2CCN(C(=O)OCC(F)(F)F)CC2)cc1OCC. The number of ether oxygens (including phenoxy) is 3. The summed E-state index contributed by atoms with van der Waals surface area (Å²) in [7, 11) is 0. The van der Waals surface area contributed by atoms with Crippen molar-refractivity contribution in [2.24, 2.45) is 5.92 Å². The Kier molecular flexibility index (Phi) is 7.98.